The van der Waals surface area contributed by atoms with Crippen LogP contribution >= 0.6 is 0 Å². The predicted molar refractivity (Wildman–Crippen MR) is 103 cm³/mol. The highest BCUT2D eigenvalue weighted by atomic mass is 16.5. The first kappa shape index (κ1) is 21.8. The summed E-state index contributed by atoms with van der Waals surface area (Å²) in [7, 11) is 2.12. The highest BCUT2D eigenvalue weighted by Crippen LogP contribution is 2.22. The van der Waals surface area contributed by atoms with E-state index in [2.05, 4.69) is 27.5 Å². The molecule has 3 N–H and O–H groups in total. The maximum atomic E-state index is 12.6. The molecule has 2 heterocycles. The first-order valence-electron chi connectivity index (χ1n) is 9.27. The largest absolute Gasteiger partial charge is 0.483 e. The minimum atomic E-state index is -0.701. The normalized spacial score (nSPS) is 23.1. The summed E-state index contributed by atoms with van der Waals surface area (Å²) in [6, 6.07) is 9.01. The van der Waals surface area contributed by atoms with E-state index < -0.39 is 12.1 Å². The summed E-state index contributed by atoms with van der Waals surface area (Å²) in [5.74, 6) is -0.377. The van der Waals surface area contributed by atoms with Crippen LogP contribution in [-0.4, -0.2) is 92.2 Å². The van der Waals surface area contributed by atoms with Gasteiger partial charge < -0.3 is 25.4 Å². The molecular weight excluding hydrogens is 364 g/mol. The molecule has 2 atom stereocenters. The zero-order valence-electron chi connectivity index (χ0n) is 16.0. The van der Waals surface area contributed by atoms with Crippen molar-refractivity contribution in [3.8, 4) is 0 Å². The molecule has 28 heavy (non-hydrogen) atoms. The van der Waals surface area contributed by atoms with Crippen molar-refractivity contribution in [2.24, 2.45) is 0 Å². The molecule has 1 aromatic rings. The summed E-state index contributed by atoms with van der Waals surface area (Å²) in [5.41, 5.74) is 0.870. The summed E-state index contributed by atoms with van der Waals surface area (Å²) < 4.78 is 5.53. The van der Waals surface area contributed by atoms with Crippen LogP contribution in [0.15, 0.2) is 30.3 Å². The Morgan fingerprint density at radius 2 is 1.93 bits per heavy atom. The van der Waals surface area contributed by atoms with Crippen LogP contribution in [-0.2, 0) is 19.1 Å². The highest BCUT2D eigenvalue weighted by Gasteiger charge is 2.35. The first-order valence-corrected chi connectivity index (χ1v) is 9.27. The van der Waals surface area contributed by atoms with Crippen molar-refractivity contribution < 1.29 is 24.2 Å². The SMILES string of the molecule is CN1CCN(CCNC(=O)[C@H]2OCC(=O)N[C@@H]2c2ccccc2)CC1.O=CO. The zero-order valence-corrected chi connectivity index (χ0v) is 16.0. The Balaban J connectivity index is 0.000000878. The van der Waals surface area contributed by atoms with E-state index in [0.29, 0.717) is 6.54 Å². The Morgan fingerprint density at radius 1 is 1.29 bits per heavy atom. The third-order valence-electron chi connectivity index (χ3n) is 4.75. The number of piperazine rings is 1. The Morgan fingerprint density at radius 3 is 2.57 bits per heavy atom. The van der Waals surface area contributed by atoms with Gasteiger partial charge in [0.15, 0.2) is 6.10 Å². The minimum Gasteiger partial charge on any atom is -0.483 e. The lowest BCUT2D eigenvalue weighted by Crippen LogP contribution is -2.53. The van der Waals surface area contributed by atoms with Crippen molar-refractivity contribution in [2.75, 3.05) is 52.9 Å². The molecule has 0 unspecified atom stereocenters. The molecule has 0 bridgehead atoms. The molecule has 0 spiro atoms. The van der Waals surface area contributed by atoms with E-state index in [9.17, 15) is 9.59 Å². The van der Waals surface area contributed by atoms with Gasteiger partial charge in [-0.25, -0.2) is 0 Å². The number of rotatable bonds is 5. The number of amides is 2. The zero-order chi connectivity index (χ0) is 20.4. The fourth-order valence-corrected chi connectivity index (χ4v) is 3.21. The van der Waals surface area contributed by atoms with Crippen LogP contribution in [0.5, 0.6) is 0 Å². The first-order chi connectivity index (χ1) is 13.5. The molecule has 0 radical (unpaired) electrons. The van der Waals surface area contributed by atoms with Crippen LogP contribution in [0.1, 0.15) is 11.6 Å². The summed E-state index contributed by atoms with van der Waals surface area (Å²) in [6.45, 7) is 5.24. The van der Waals surface area contributed by atoms with Crippen molar-refractivity contribution in [1.82, 2.24) is 20.4 Å². The lowest BCUT2D eigenvalue weighted by atomic mass is 9.99. The van der Waals surface area contributed by atoms with E-state index >= 15 is 0 Å². The Labute approximate surface area is 164 Å². The number of hydrogen-bond acceptors (Lipinski definition) is 6. The van der Waals surface area contributed by atoms with Gasteiger partial charge in [0.05, 0.1) is 6.04 Å². The molecular formula is C19H28N4O5. The number of nitrogens with zero attached hydrogens (tertiary/aromatic N) is 2. The minimum absolute atomic E-state index is 0.0835. The number of morpholine rings is 1. The Kier molecular flexibility index (Phi) is 8.86. The Bertz CT molecular complexity index is 634. The molecule has 0 saturated carbocycles. The van der Waals surface area contributed by atoms with E-state index in [-0.39, 0.29) is 24.9 Å². The van der Waals surface area contributed by atoms with Crippen LogP contribution in [0.4, 0.5) is 0 Å². The van der Waals surface area contributed by atoms with E-state index in [1.165, 1.54) is 0 Å². The average molecular weight is 392 g/mol. The topological polar surface area (TPSA) is 111 Å². The molecule has 2 aliphatic heterocycles. The monoisotopic (exact) mass is 392 g/mol. The number of carboxylic acid groups (broad SMARTS) is 1. The highest BCUT2D eigenvalue weighted by molar-refractivity contribution is 5.86. The lowest BCUT2D eigenvalue weighted by Gasteiger charge is -2.33. The summed E-state index contributed by atoms with van der Waals surface area (Å²) >= 11 is 0. The van der Waals surface area contributed by atoms with Gasteiger partial charge in [0, 0.05) is 39.3 Å². The second kappa shape index (κ2) is 11.4. The Hall–Kier alpha value is -2.49. The van der Waals surface area contributed by atoms with Gasteiger partial charge in [0.25, 0.3) is 12.4 Å². The summed E-state index contributed by atoms with van der Waals surface area (Å²) in [4.78, 5) is 37.3. The number of likely N-dealkylation sites (N-methyl/N-ethyl adjacent to an activating group) is 1. The molecule has 1 aromatic carbocycles. The van der Waals surface area contributed by atoms with Crippen LogP contribution in [0, 0.1) is 0 Å². The molecule has 9 heteroatoms. The third kappa shape index (κ3) is 6.59. The van der Waals surface area contributed by atoms with Gasteiger partial charge in [0.2, 0.25) is 5.91 Å². The fourth-order valence-electron chi connectivity index (χ4n) is 3.21. The summed E-state index contributed by atoms with van der Waals surface area (Å²) in [5, 5.41) is 12.7. The molecule has 154 valence electrons. The van der Waals surface area contributed by atoms with Gasteiger partial charge in [-0.1, -0.05) is 30.3 Å². The van der Waals surface area contributed by atoms with Gasteiger partial charge in [-0.05, 0) is 12.6 Å². The third-order valence-corrected chi connectivity index (χ3v) is 4.75. The van der Waals surface area contributed by atoms with Crippen LogP contribution in [0.2, 0.25) is 0 Å². The second-order valence-corrected chi connectivity index (χ2v) is 6.73. The number of ether oxygens (including phenoxy) is 1. The molecule has 2 aliphatic rings. The van der Waals surface area contributed by atoms with Crippen molar-refractivity contribution >= 4 is 18.3 Å². The molecule has 2 amide bonds. The number of hydrogen-bond donors (Lipinski definition) is 3. The van der Waals surface area contributed by atoms with Crippen molar-refractivity contribution in [3.05, 3.63) is 35.9 Å². The van der Waals surface area contributed by atoms with Crippen molar-refractivity contribution in [1.29, 1.82) is 0 Å². The standard InChI is InChI=1S/C18H26N4O3.CH2O2/c1-21-9-11-22(12-10-21)8-7-19-18(24)17-16(20-15(23)13-25-17)14-5-3-2-4-6-14;2-1-3/h2-6,16-17H,7-13H2,1H3,(H,19,24)(H,20,23);1H,(H,2,3)/t16-,17+;/m1./s1. The quantitative estimate of drug-likeness (QED) is 0.569. The molecule has 9 nitrogen and oxygen atoms in total. The number of carbonyl (C=O) groups is 3. The van der Waals surface area contributed by atoms with Gasteiger partial charge in [-0.15, -0.1) is 0 Å². The van der Waals surface area contributed by atoms with Crippen LogP contribution in [0.25, 0.3) is 0 Å². The second-order valence-electron chi connectivity index (χ2n) is 6.73. The molecule has 0 aromatic heterocycles. The smallest absolute Gasteiger partial charge is 0.290 e. The molecule has 0 aliphatic carbocycles. The van der Waals surface area contributed by atoms with E-state index in [4.69, 9.17) is 14.6 Å². The van der Waals surface area contributed by atoms with Crippen molar-refractivity contribution in [3.63, 3.8) is 0 Å². The van der Waals surface area contributed by atoms with E-state index in [0.717, 1.165) is 38.3 Å². The summed E-state index contributed by atoms with van der Waals surface area (Å²) in [6.07, 6.45) is -0.701. The van der Waals surface area contributed by atoms with Crippen molar-refractivity contribution in [2.45, 2.75) is 12.1 Å². The molecule has 2 fully saturated rings. The molecule has 2 saturated heterocycles. The maximum Gasteiger partial charge on any atom is 0.290 e. The van der Waals surface area contributed by atoms with Gasteiger partial charge in [-0.3, -0.25) is 19.3 Å². The van der Waals surface area contributed by atoms with E-state index in [1.807, 2.05) is 30.3 Å². The number of carbonyl (C=O) groups excluding carboxylic acids is 2. The number of benzene rings is 1. The fraction of sp³-hybridized carbons (Fsp3) is 0.526. The van der Waals surface area contributed by atoms with E-state index in [1.54, 1.807) is 0 Å². The van der Waals surface area contributed by atoms with Gasteiger partial charge in [-0.2, -0.15) is 0 Å². The number of nitrogens with one attached hydrogen (secondary N) is 2. The van der Waals surface area contributed by atoms with Crippen LogP contribution in [0.3, 0.4) is 0 Å². The van der Waals surface area contributed by atoms with Gasteiger partial charge >= 0.3 is 0 Å². The average Bonchev–Trinajstić information content (AvgIpc) is 2.70. The maximum absolute atomic E-state index is 12.6. The van der Waals surface area contributed by atoms with Gasteiger partial charge in [0.1, 0.15) is 6.61 Å². The lowest BCUT2D eigenvalue weighted by molar-refractivity contribution is -0.148. The predicted octanol–water partition coefficient (Wildman–Crippen LogP) is -0.693. The van der Waals surface area contributed by atoms with Crippen LogP contribution < -0.4 is 10.6 Å². The molecule has 3 rings (SSSR count).